The molecule has 156 valence electrons. The predicted octanol–water partition coefficient (Wildman–Crippen LogP) is 5.91. The molecule has 0 aliphatic rings. The molecular weight excluding hydrogens is 463 g/mol. The fraction of sp³-hybridized carbons (Fsp3) is 0.0952. The summed E-state index contributed by atoms with van der Waals surface area (Å²) in [6, 6.07) is 19.9. The average Bonchev–Trinajstić information content (AvgIpc) is 2.72. The van der Waals surface area contributed by atoms with Crippen LogP contribution in [0.4, 0.5) is 11.4 Å². The molecule has 30 heavy (non-hydrogen) atoms. The van der Waals surface area contributed by atoms with Gasteiger partial charge in [0.05, 0.1) is 20.2 Å². The number of carbonyl (C=O) groups excluding carboxylic acids is 1. The van der Waals surface area contributed by atoms with Crippen molar-refractivity contribution in [1.29, 1.82) is 0 Å². The maximum absolute atomic E-state index is 12.4. The second-order valence-electron chi connectivity index (χ2n) is 6.32. The maximum atomic E-state index is 12.4. The van der Waals surface area contributed by atoms with Gasteiger partial charge >= 0.3 is 0 Å². The molecular formula is C21H18Cl2N2O3S2. The van der Waals surface area contributed by atoms with Crippen molar-refractivity contribution in [1.82, 2.24) is 0 Å². The van der Waals surface area contributed by atoms with Gasteiger partial charge in [-0.05, 0) is 61.5 Å². The Morgan fingerprint density at radius 1 is 0.900 bits per heavy atom. The molecule has 3 aromatic carbocycles. The summed E-state index contributed by atoms with van der Waals surface area (Å²) in [6.07, 6.45) is 0. The highest BCUT2D eigenvalue weighted by Gasteiger charge is 2.16. The van der Waals surface area contributed by atoms with E-state index >= 15 is 0 Å². The van der Waals surface area contributed by atoms with Gasteiger partial charge in [-0.1, -0.05) is 41.4 Å². The molecule has 3 rings (SSSR count). The van der Waals surface area contributed by atoms with Gasteiger partial charge in [0.25, 0.3) is 10.0 Å². The third-order valence-corrected chi connectivity index (χ3v) is 7.28. The molecule has 5 nitrogen and oxygen atoms in total. The van der Waals surface area contributed by atoms with Crippen molar-refractivity contribution >= 4 is 62.3 Å². The highest BCUT2D eigenvalue weighted by molar-refractivity contribution is 8.00. The SMILES string of the molecule is CC(Sc1ccc(NS(=O)(=O)c2ccccc2)cc1)C(=O)Nc1ccc(Cl)c(Cl)c1. The van der Waals surface area contributed by atoms with E-state index in [2.05, 4.69) is 10.0 Å². The quantitative estimate of drug-likeness (QED) is 0.411. The van der Waals surface area contributed by atoms with Gasteiger partial charge in [0.15, 0.2) is 0 Å². The lowest BCUT2D eigenvalue weighted by Crippen LogP contribution is -2.22. The second-order valence-corrected chi connectivity index (χ2v) is 10.2. The average molecular weight is 481 g/mol. The van der Waals surface area contributed by atoms with Gasteiger partial charge in [-0.15, -0.1) is 11.8 Å². The number of benzene rings is 3. The third kappa shape index (κ3) is 5.92. The smallest absolute Gasteiger partial charge is 0.261 e. The molecule has 0 heterocycles. The van der Waals surface area contributed by atoms with Gasteiger partial charge in [-0.2, -0.15) is 0 Å². The van der Waals surface area contributed by atoms with Crippen LogP contribution in [0.1, 0.15) is 6.92 Å². The maximum Gasteiger partial charge on any atom is 0.261 e. The van der Waals surface area contributed by atoms with E-state index in [4.69, 9.17) is 23.2 Å². The fourth-order valence-electron chi connectivity index (χ4n) is 2.49. The van der Waals surface area contributed by atoms with Crippen LogP contribution in [0.5, 0.6) is 0 Å². The van der Waals surface area contributed by atoms with Crippen LogP contribution in [0.3, 0.4) is 0 Å². The van der Waals surface area contributed by atoms with Crippen molar-refractivity contribution in [3.05, 3.63) is 82.8 Å². The van der Waals surface area contributed by atoms with Gasteiger partial charge in [0, 0.05) is 16.3 Å². The molecule has 1 amide bonds. The van der Waals surface area contributed by atoms with Gasteiger partial charge in [0.1, 0.15) is 0 Å². The molecule has 1 atom stereocenters. The van der Waals surface area contributed by atoms with Crippen LogP contribution < -0.4 is 10.0 Å². The van der Waals surface area contributed by atoms with E-state index in [1.807, 2.05) is 0 Å². The molecule has 0 spiro atoms. The third-order valence-electron chi connectivity index (χ3n) is 4.03. The van der Waals surface area contributed by atoms with Gasteiger partial charge in [-0.25, -0.2) is 8.42 Å². The van der Waals surface area contributed by atoms with E-state index in [1.54, 1.807) is 67.6 Å². The van der Waals surface area contributed by atoms with E-state index in [-0.39, 0.29) is 16.1 Å². The first-order chi connectivity index (χ1) is 14.2. The summed E-state index contributed by atoms with van der Waals surface area (Å²) in [4.78, 5) is 13.4. The zero-order valence-electron chi connectivity index (χ0n) is 15.8. The predicted molar refractivity (Wildman–Crippen MR) is 124 cm³/mol. The summed E-state index contributed by atoms with van der Waals surface area (Å²) in [5.74, 6) is -0.188. The number of carbonyl (C=O) groups is 1. The van der Waals surface area contributed by atoms with Crippen LogP contribution in [0.2, 0.25) is 10.0 Å². The molecule has 0 bridgehead atoms. The summed E-state index contributed by atoms with van der Waals surface area (Å²) in [5, 5.41) is 3.19. The Morgan fingerprint density at radius 3 is 2.17 bits per heavy atom. The standard InChI is InChI=1S/C21H18Cl2N2O3S2/c1-14(21(26)24-16-9-12-19(22)20(23)13-16)29-17-10-7-15(8-11-17)25-30(27,28)18-5-3-2-4-6-18/h2-14,25H,1H3,(H,24,26). The van der Waals surface area contributed by atoms with Crippen LogP contribution in [-0.2, 0) is 14.8 Å². The molecule has 0 radical (unpaired) electrons. The lowest BCUT2D eigenvalue weighted by atomic mass is 10.3. The van der Waals surface area contributed by atoms with Crippen LogP contribution in [0, 0.1) is 0 Å². The van der Waals surface area contributed by atoms with Gasteiger partial charge < -0.3 is 5.32 Å². The van der Waals surface area contributed by atoms with Crippen LogP contribution in [0.15, 0.2) is 82.6 Å². The Bertz CT molecular complexity index is 1140. The molecule has 3 aromatic rings. The lowest BCUT2D eigenvalue weighted by Gasteiger charge is -2.13. The monoisotopic (exact) mass is 480 g/mol. The van der Waals surface area contributed by atoms with E-state index in [1.165, 1.54) is 23.9 Å². The number of hydrogen-bond donors (Lipinski definition) is 2. The number of thioether (sulfide) groups is 1. The Balaban J connectivity index is 1.60. The zero-order chi connectivity index (χ0) is 21.7. The van der Waals surface area contributed by atoms with Crippen molar-refractivity contribution in [2.24, 2.45) is 0 Å². The summed E-state index contributed by atoms with van der Waals surface area (Å²) in [7, 11) is -3.65. The summed E-state index contributed by atoms with van der Waals surface area (Å²) >= 11 is 13.2. The highest BCUT2D eigenvalue weighted by atomic mass is 35.5. The van der Waals surface area contributed by atoms with Gasteiger partial charge in [-0.3, -0.25) is 9.52 Å². The Hall–Kier alpha value is -2.19. The second kappa shape index (κ2) is 9.75. The lowest BCUT2D eigenvalue weighted by molar-refractivity contribution is -0.115. The molecule has 1 unspecified atom stereocenters. The molecule has 0 fully saturated rings. The molecule has 2 N–H and O–H groups in total. The normalized spacial score (nSPS) is 12.2. The zero-order valence-corrected chi connectivity index (χ0v) is 18.9. The molecule has 0 saturated heterocycles. The van der Waals surface area contributed by atoms with Crippen molar-refractivity contribution < 1.29 is 13.2 Å². The fourth-order valence-corrected chi connectivity index (χ4v) is 4.74. The van der Waals surface area contributed by atoms with Crippen LogP contribution in [-0.4, -0.2) is 19.6 Å². The summed E-state index contributed by atoms with van der Waals surface area (Å²) in [6.45, 7) is 1.78. The minimum atomic E-state index is -3.65. The van der Waals surface area contributed by atoms with Crippen LogP contribution in [0.25, 0.3) is 0 Å². The molecule has 9 heteroatoms. The first kappa shape index (κ1) is 22.5. The number of rotatable bonds is 7. The number of anilines is 2. The number of sulfonamides is 1. The molecule has 0 aliphatic heterocycles. The van der Waals surface area contributed by atoms with E-state index < -0.39 is 10.0 Å². The van der Waals surface area contributed by atoms with Crippen molar-refractivity contribution in [2.45, 2.75) is 22.0 Å². The minimum absolute atomic E-state index is 0.188. The molecule has 0 aromatic heterocycles. The molecule has 0 saturated carbocycles. The number of nitrogens with one attached hydrogen (secondary N) is 2. The van der Waals surface area contributed by atoms with E-state index in [0.717, 1.165) is 4.90 Å². The topological polar surface area (TPSA) is 75.3 Å². The van der Waals surface area contributed by atoms with E-state index in [9.17, 15) is 13.2 Å². The Morgan fingerprint density at radius 2 is 1.53 bits per heavy atom. The van der Waals surface area contributed by atoms with Crippen LogP contribution >= 0.6 is 35.0 Å². The van der Waals surface area contributed by atoms with Gasteiger partial charge in [0.2, 0.25) is 5.91 Å². The first-order valence-corrected chi connectivity index (χ1v) is 12.0. The number of hydrogen-bond acceptors (Lipinski definition) is 4. The first-order valence-electron chi connectivity index (χ1n) is 8.85. The van der Waals surface area contributed by atoms with Crippen molar-refractivity contribution in [2.75, 3.05) is 10.0 Å². The Labute approximate surface area is 189 Å². The Kier molecular flexibility index (Phi) is 7.31. The largest absolute Gasteiger partial charge is 0.325 e. The summed E-state index contributed by atoms with van der Waals surface area (Å²) < 4.78 is 27.3. The van der Waals surface area contributed by atoms with E-state index in [0.29, 0.717) is 21.4 Å². The summed E-state index contributed by atoms with van der Waals surface area (Å²) in [5.41, 5.74) is 1.00. The van der Waals surface area contributed by atoms with Crippen molar-refractivity contribution in [3.8, 4) is 0 Å². The molecule has 0 aliphatic carbocycles. The minimum Gasteiger partial charge on any atom is -0.325 e. The highest BCUT2D eigenvalue weighted by Crippen LogP contribution is 2.28. The number of amides is 1. The van der Waals surface area contributed by atoms with Crippen molar-refractivity contribution in [3.63, 3.8) is 0 Å². The number of halogens is 2.